The van der Waals surface area contributed by atoms with Gasteiger partial charge in [-0.3, -0.25) is 9.69 Å². The molecule has 0 aromatic heterocycles. The van der Waals surface area contributed by atoms with Crippen LogP contribution in [0.3, 0.4) is 0 Å². The Kier molecular flexibility index (Phi) is 4.29. The first-order valence-corrected chi connectivity index (χ1v) is 8.12. The molecule has 5 nitrogen and oxygen atoms in total. The molecule has 1 aliphatic carbocycles. The minimum atomic E-state index is -1.48. The number of β-amino-alcohol motifs (C(OH)–C–C–N with tert-alkyl or cyclic N) is 1. The highest BCUT2D eigenvalue weighted by molar-refractivity contribution is 6.07. The lowest BCUT2D eigenvalue weighted by Gasteiger charge is -2.37. The number of benzene rings is 1. The molecule has 1 aliphatic heterocycles. The Balaban J connectivity index is 1.81. The first kappa shape index (κ1) is 16.8. The second-order valence-corrected chi connectivity index (χ2v) is 6.65. The molecule has 3 unspecified atom stereocenters. The Morgan fingerprint density at radius 3 is 2.83 bits per heavy atom. The van der Waals surface area contributed by atoms with Crippen molar-refractivity contribution in [1.29, 1.82) is 0 Å². The van der Waals surface area contributed by atoms with Gasteiger partial charge in [0.05, 0.1) is 6.54 Å². The van der Waals surface area contributed by atoms with E-state index in [1.54, 1.807) is 0 Å². The number of aliphatic hydroxyl groups excluding tert-OH is 1. The average molecular weight is 338 g/mol. The fourth-order valence-corrected chi connectivity index (χ4v) is 3.70. The maximum atomic E-state index is 13.8. The predicted octanol–water partition coefficient (Wildman–Crippen LogP) is 2.50. The lowest BCUT2D eigenvalue weighted by atomic mass is 9.73. The molecule has 130 valence electrons. The summed E-state index contributed by atoms with van der Waals surface area (Å²) in [5.74, 6) is -1.87. The summed E-state index contributed by atoms with van der Waals surface area (Å²) in [6.45, 7) is 1.52. The number of halogens is 2. The van der Waals surface area contributed by atoms with Gasteiger partial charge in [0, 0.05) is 5.56 Å². The number of hydrogen-bond donors (Lipinski definition) is 2. The molecule has 1 spiro atoms. The highest BCUT2D eigenvalue weighted by Crippen LogP contribution is 2.38. The molecule has 1 saturated heterocycles. The number of nitrogens with one attached hydrogen (secondary N) is 1. The van der Waals surface area contributed by atoms with Gasteiger partial charge in [0.1, 0.15) is 23.3 Å². The molecule has 2 aliphatic rings. The topological polar surface area (TPSA) is 69.6 Å². The van der Waals surface area contributed by atoms with E-state index in [0.717, 1.165) is 42.4 Å². The highest BCUT2D eigenvalue weighted by atomic mass is 19.1. The summed E-state index contributed by atoms with van der Waals surface area (Å²) < 4.78 is 27.0. The van der Waals surface area contributed by atoms with E-state index in [1.807, 2.05) is 6.92 Å². The van der Waals surface area contributed by atoms with Crippen LogP contribution in [0.5, 0.6) is 0 Å². The number of aliphatic hydroxyl groups is 1. The minimum Gasteiger partial charge on any atom is -0.386 e. The third-order valence-corrected chi connectivity index (χ3v) is 5.17. The quantitative estimate of drug-likeness (QED) is 0.832. The van der Waals surface area contributed by atoms with Gasteiger partial charge < -0.3 is 10.4 Å². The minimum absolute atomic E-state index is 0.00394. The summed E-state index contributed by atoms with van der Waals surface area (Å²) in [6.07, 6.45) is 1.75. The molecule has 2 fully saturated rings. The van der Waals surface area contributed by atoms with Crippen molar-refractivity contribution in [2.45, 2.75) is 44.2 Å². The third kappa shape index (κ3) is 2.66. The molecular weight excluding hydrogens is 318 g/mol. The molecule has 0 radical (unpaired) electrons. The second kappa shape index (κ2) is 6.12. The zero-order valence-electron chi connectivity index (χ0n) is 13.4. The molecule has 1 saturated carbocycles. The van der Waals surface area contributed by atoms with Crippen molar-refractivity contribution in [3.63, 3.8) is 0 Å². The number of urea groups is 1. The van der Waals surface area contributed by atoms with Gasteiger partial charge in [0.2, 0.25) is 0 Å². The van der Waals surface area contributed by atoms with Crippen LogP contribution >= 0.6 is 0 Å². The molecule has 7 heteroatoms. The van der Waals surface area contributed by atoms with E-state index in [0.29, 0.717) is 6.42 Å². The second-order valence-electron chi connectivity index (χ2n) is 6.65. The van der Waals surface area contributed by atoms with Gasteiger partial charge >= 0.3 is 6.03 Å². The Labute approximate surface area is 138 Å². The third-order valence-electron chi connectivity index (χ3n) is 5.17. The largest absolute Gasteiger partial charge is 0.386 e. The molecule has 24 heavy (non-hydrogen) atoms. The van der Waals surface area contributed by atoms with E-state index in [-0.39, 0.29) is 11.5 Å². The fraction of sp³-hybridized carbons (Fsp3) is 0.529. The SMILES string of the molecule is CC1CCCCC12NC(=O)N(CC(O)c1cc(F)ccc1F)C2=O. The van der Waals surface area contributed by atoms with Crippen molar-refractivity contribution in [3.05, 3.63) is 35.4 Å². The fourth-order valence-electron chi connectivity index (χ4n) is 3.70. The summed E-state index contributed by atoms with van der Waals surface area (Å²) >= 11 is 0. The number of nitrogens with zero attached hydrogens (tertiary/aromatic N) is 1. The molecule has 3 rings (SSSR count). The summed E-state index contributed by atoms with van der Waals surface area (Å²) in [4.78, 5) is 25.9. The highest BCUT2D eigenvalue weighted by Gasteiger charge is 2.55. The van der Waals surface area contributed by atoms with Crippen LogP contribution in [0.1, 0.15) is 44.3 Å². The van der Waals surface area contributed by atoms with Crippen molar-refractivity contribution in [2.75, 3.05) is 6.54 Å². The first-order valence-electron chi connectivity index (χ1n) is 8.12. The summed E-state index contributed by atoms with van der Waals surface area (Å²) in [7, 11) is 0. The summed E-state index contributed by atoms with van der Waals surface area (Å²) in [6, 6.07) is 2.13. The summed E-state index contributed by atoms with van der Waals surface area (Å²) in [5.41, 5.74) is -1.21. The molecule has 0 bridgehead atoms. The van der Waals surface area contributed by atoms with Crippen molar-refractivity contribution in [2.24, 2.45) is 5.92 Å². The van der Waals surface area contributed by atoms with Crippen molar-refractivity contribution >= 4 is 11.9 Å². The van der Waals surface area contributed by atoms with Crippen molar-refractivity contribution in [3.8, 4) is 0 Å². The number of rotatable bonds is 3. The van der Waals surface area contributed by atoms with E-state index in [4.69, 9.17) is 0 Å². The number of carbonyl (C=O) groups is 2. The van der Waals surface area contributed by atoms with Gasteiger partial charge in [0.25, 0.3) is 5.91 Å². The Bertz CT molecular complexity index is 682. The van der Waals surface area contributed by atoms with Crippen LogP contribution in [-0.4, -0.2) is 34.0 Å². The normalized spacial score (nSPS) is 28.3. The zero-order chi connectivity index (χ0) is 17.5. The molecule has 3 atom stereocenters. The Hall–Kier alpha value is -2.02. The average Bonchev–Trinajstić information content (AvgIpc) is 2.78. The standard InChI is InChI=1S/C17H20F2N2O3/c1-10-4-2-3-7-17(10)15(23)21(16(24)20-17)9-14(22)12-8-11(18)5-6-13(12)19/h5-6,8,10,14,22H,2-4,7,9H2,1H3,(H,20,24). The number of carbonyl (C=O) groups excluding carboxylic acids is 2. The van der Waals surface area contributed by atoms with E-state index in [1.165, 1.54) is 0 Å². The smallest absolute Gasteiger partial charge is 0.325 e. The van der Waals surface area contributed by atoms with Crippen LogP contribution in [0.25, 0.3) is 0 Å². The van der Waals surface area contributed by atoms with Crippen molar-refractivity contribution in [1.82, 2.24) is 10.2 Å². The van der Waals surface area contributed by atoms with Crippen LogP contribution in [0.4, 0.5) is 13.6 Å². The van der Waals surface area contributed by atoms with Crippen LogP contribution < -0.4 is 5.32 Å². The predicted molar refractivity (Wildman–Crippen MR) is 81.9 cm³/mol. The molecule has 1 heterocycles. The molecule has 3 amide bonds. The maximum absolute atomic E-state index is 13.8. The van der Waals surface area contributed by atoms with Gasteiger partial charge in [-0.15, -0.1) is 0 Å². The molecule has 1 aromatic carbocycles. The van der Waals surface area contributed by atoms with Gasteiger partial charge in [-0.25, -0.2) is 13.6 Å². The Morgan fingerprint density at radius 1 is 1.38 bits per heavy atom. The summed E-state index contributed by atoms with van der Waals surface area (Å²) in [5, 5.41) is 13.0. The van der Waals surface area contributed by atoms with Gasteiger partial charge in [0.15, 0.2) is 0 Å². The van der Waals surface area contributed by atoms with Crippen LogP contribution in [-0.2, 0) is 4.79 Å². The first-order chi connectivity index (χ1) is 11.3. The van der Waals surface area contributed by atoms with Gasteiger partial charge in [-0.2, -0.15) is 0 Å². The Morgan fingerprint density at radius 2 is 2.12 bits per heavy atom. The van der Waals surface area contributed by atoms with Gasteiger partial charge in [-0.1, -0.05) is 19.8 Å². The van der Waals surface area contributed by atoms with Crippen molar-refractivity contribution < 1.29 is 23.5 Å². The van der Waals surface area contributed by atoms with E-state index in [9.17, 15) is 23.5 Å². The van der Waals surface area contributed by atoms with E-state index >= 15 is 0 Å². The van der Waals surface area contributed by atoms with Gasteiger partial charge in [-0.05, 0) is 37.0 Å². The lowest BCUT2D eigenvalue weighted by Crippen LogP contribution is -2.54. The maximum Gasteiger partial charge on any atom is 0.325 e. The number of hydrogen-bond acceptors (Lipinski definition) is 3. The molecule has 1 aromatic rings. The molecule has 2 N–H and O–H groups in total. The zero-order valence-corrected chi connectivity index (χ0v) is 13.4. The monoisotopic (exact) mass is 338 g/mol. The van der Waals surface area contributed by atoms with Crippen LogP contribution in [0.2, 0.25) is 0 Å². The van der Waals surface area contributed by atoms with E-state index < -0.39 is 41.8 Å². The number of imide groups is 1. The van der Waals surface area contributed by atoms with Crippen LogP contribution in [0, 0.1) is 17.6 Å². The van der Waals surface area contributed by atoms with E-state index in [2.05, 4.69) is 5.32 Å². The lowest BCUT2D eigenvalue weighted by molar-refractivity contribution is -0.135. The molecular formula is C17H20F2N2O3. The van der Waals surface area contributed by atoms with Crippen LogP contribution in [0.15, 0.2) is 18.2 Å². The number of amides is 3.